The van der Waals surface area contributed by atoms with Gasteiger partial charge < -0.3 is 9.80 Å². The van der Waals surface area contributed by atoms with Gasteiger partial charge in [-0.2, -0.15) is 0 Å². The molecular formula is C21H36N4O. The van der Waals surface area contributed by atoms with Crippen molar-refractivity contribution < 1.29 is 0 Å². The molecule has 146 valence electrons. The Morgan fingerprint density at radius 1 is 1.00 bits per heavy atom. The van der Waals surface area contributed by atoms with E-state index in [0.29, 0.717) is 11.8 Å². The van der Waals surface area contributed by atoms with Crippen molar-refractivity contribution in [2.75, 3.05) is 39.3 Å². The van der Waals surface area contributed by atoms with Gasteiger partial charge in [-0.25, -0.2) is 4.98 Å². The van der Waals surface area contributed by atoms with Crippen LogP contribution >= 0.6 is 0 Å². The topological polar surface area (TPSA) is 41.4 Å². The molecule has 0 bridgehead atoms. The molecule has 0 aromatic carbocycles. The highest BCUT2D eigenvalue weighted by Crippen LogP contribution is 2.19. The second-order valence-corrected chi connectivity index (χ2v) is 8.50. The van der Waals surface area contributed by atoms with Crippen LogP contribution in [0.5, 0.6) is 0 Å². The molecule has 0 amide bonds. The van der Waals surface area contributed by atoms with Crippen LogP contribution in [-0.4, -0.2) is 58.6 Å². The SMILES string of the molecule is CC(C)c1cc(=O)n(CC2CCN(CCN3CCCCCC3)CC2)cn1. The molecule has 3 heterocycles. The summed E-state index contributed by atoms with van der Waals surface area (Å²) >= 11 is 0. The van der Waals surface area contributed by atoms with E-state index in [4.69, 9.17) is 0 Å². The molecule has 2 saturated heterocycles. The van der Waals surface area contributed by atoms with Crippen LogP contribution in [0.1, 0.15) is 64.0 Å². The monoisotopic (exact) mass is 360 g/mol. The Bertz CT molecular complexity index is 596. The molecular weight excluding hydrogens is 324 g/mol. The normalized spacial score (nSPS) is 21.2. The van der Waals surface area contributed by atoms with Crippen molar-refractivity contribution in [3.63, 3.8) is 0 Å². The maximum absolute atomic E-state index is 12.3. The Hall–Kier alpha value is -1.20. The largest absolute Gasteiger partial charge is 0.302 e. The Morgan fingerprint density at radius 2 is 1.62 bits per heavy atom. The predicted octanol–water partition coefficient (Wildman–Crippen LogP) is 2.95. The van der Waals surface area contributed by atoms with Crippen LogP contribution in [0.2, 0.25) is 0 Å². The lowest BCUT2D eigenvalue weighted by molar-refractivity contribution is 0.149. The highest BCUT2D eigenvalue weighted by atomic mass is 16.1. The molecule has 0 spiro atoms. The number of nitrogens with zero attached hydrogens (tertiary/aromatic N) is 4. The van der Waals surface area contributed by atoms with Crippen LogP contribution in [0.4, 0.5) is 0 Å². The van der Waals surface area contributed by atoms with E-state index >= 15 is 0 Å². The zero-order valence-electron chi connectivity index (χ0n) is 16.7. The smallest absolute Gasteiger partial charge is 0.253 e. The van der Waals surface area contributed by atoms with E-state index in [2.05, 4.69) is 28.6 Å². The third-order valence-corrected chi connectivity index (χ3v) is 6.09. The van der Waals surface area contributed by atoms with Crippen LogP contribution in [0.15, 0.2) is 17.2 Å². The summed E-state index contributed by atoms with van der Waals surface area (Å²) in [5.41, 5.74) is 1.00. The average Bonchev–Trinajstić information content (AvgIpc) is 2.91. The zero-order valence-corrected chi connectivity index (χ0v) is 16.7. The summed E-state index contributed by atoms with van der Waals surface area (Å²) in [6.07, 6.45) is 9.71. The summed E-state index contributed by atoms with van der Waals surface area (Å²) < 4.78 is 1.81. The van der Waals surface area contributed by atoms with Crippen LogP contribution in [0, 0.1) is 5.92 Å². The third-order valence-electron chi connectivity index (χ3n) is 6.09. The van der Waals surface area contributed by atoms with E-state index in [1.165, 1.54) is 77.8 Å². The molecule has 5 heteroatoms. The second kappa shape index (κ2) is 9.65. The van der Waals surface area contributed by atoms with E-state index in [-0.39, 0.29) is 5.56 Å². The molecule has 1 aromatic rings. The van der Waals surface area contributed by atoms with E-state index < -0.39 is 0 Å². The summed E-state index contributed by atoms with van der Waals surface area (Å²) in [5.74, 6) is 0.915. The summed E-state index contributed by atoms with van der Waals surface area (Å²) in [6, 6.07) is 1.71. The lowest BCUT2D eigenvalue weighted by Crippen LogP contribution is -2.41. The van der Waals surface area contributed by atoms with Gasteiger partial charge in [0.1, 0.15) is 0 Å². The third kappa shape index (κ3) is 5.65. The van der Waals surface area contributed by atoms with Gasteiger partial charge in [-0.1, -0.05) is 26.7 Å². The maximum Gasteiger partial charge on any atom is 0.253 e. The first-order valence-electron chi connectivity index (χ1n) is 10.6. The van der Waals surface area contributed by atoms with Crippen molar-refractivity contribution in [3.8, 4) is 0 Å². The van der Waals surface area contributed by atoms with Gasteiger partial charge in [0.15, 0.2) is 0 Å². The Kier molecular flexibility index (Phi) is 7.26. The lowest BCUT2D eigenvalue weighted by atomic mass is 9.96. The molecule has 2 aliphatic heterocycles. The van der Waals surface area contributed by atoms with E-state index in [9.17, 15) is 4.79 Å². The summed E-state index contributed by atoms with van der Waals surface area (Å²) in [4.78, 5) is 22.0. The fourth-order valence-electron chi connectivity index (χ4n) is 4.21. The highest BCUT2D eigenvalue weighted by molar-refractivity contribution is 5.04. The van der Waals surface area contributed by atoms with Gasteiger partial charge in [-0.05, 0) is 63.7 Å². The number of hydrogen-bond acceptors (Lipinski definition) is 4. The molecule has 2 fully saturated rings. The molecule has 0 aliphatic carbocycles. The average molecular weight is 361 g/mol. The Labute approximate surface area is 158 Å². The van der Waals surface area contributed by atoms with Gasteiger partial charge in [0, 0.05) is 25.7 Å². The quantitative estimate of drug-likeness (QED) is 0.782. The molecule has 5 nitrogen and oxygen atoms in total. The van der Waals surface area contributed by atoms with Crippen molar-refractivity contribution in [2.45, 2.75) is 64.8 Å². The van der Waals surface area contributed by atoms with Crippen molar-refractivity contribution in [1.82, 2.24) is 19.4 Å². The van der Waals surface area contributed by atoms with Crippen molar-refractivity contribution in [2.24, 2.45) is 5.92 Å². The minimum Gasteiger partial charge on any atom is -0.302 e. The summed E-state index contributed by atoms with van der Waals surface area (Å²) in [7, 11) is 0. The van der Waals surface area contributed by atoms with Crippen molar-refractivity contribution >= 4 is 0 Å². The molecule has 0 unspecified atom stereocenters. The molecule has 26 heavy (non-hydrogen) atoms. The minimum absolute atomic E-state index is 0.104. The molecule has 3 rings (SSSR count). The van der Waals surface area contributed by atoms with Crippen LogP contribution in [0.3, 0.4) is 0 Å². The Balaban J connectivity index is 1.41. The molecule has 1 aromatic heterocycles. The zero-order chi connectivity index (χ0) is 18.4. The highest BCUT2D eigenvalue weighted by Gasteiger charge is 2.20. The van der Waals surface area contributed by atoms with Crippen LogP contribution < -0.4 is 5.56 Å². The molecule has 0 atom stereocenters. The van der Waals surface area contributed by atoms with Crippen LogP contribution in [-0.2, 0) is 6.54 Å². The first kappa shape index (κ1) is 19.6. The van der Waals surface area contributed by atoms with Gasteiger partial charge in [-0.15, -0.1) is 0 Å². The first-order chi connectivity index (χ1) is 12.6. The summed E-state index contributed by atoms with van der Waals surface area (Å²) in [5, 5.41) is 0. The number of likely N-dealkylation sites (tertiary alicyclic amines) is 2. The van der Waals surface area contributed by atoms with E-state index in [0.717, 1.165) is 12.2 Å². The lowest BCUT2D eigenvalue weighted by Gasteiger charge is -2.33. The molecule has 0 radical (unpaired) electrons. The first-order valence-corrected chi connectivity index (χ1v) is 10.6. The van der Waals surface area contributed by atoms with Crippen LogP contribution in [0.25, 0.3) is 0 Å². The molecule has 0 N–H and O–H groups in total. The minimum atomic E-state index is 0.104. The predicted molar refractivity (Wildman–Crippen MR) is 107 cm³/mol. The standard InChI is InChI=1S/C21H36N4O/c1-18(2)20-15-21(26)25(17-22-20)16-19-7-11-24(12-8-19)14-13-23-9-5-3-4-6-10-23/h15,17-19H,3-14,16H2,1-2H3. The maximum atomic E-state index is 12.3. The van der Waals surface area contributed by atoms with Crippen molar-refractivity contribution in [1.29, 1.82) is 0 Å². The Morgan fingerprint density at radius 3 is 2.19 bits per heavy atom. The number of aromatic nitrogens is 2. The van der Waals surface area contributed by atoms with E-state index in [1.807, 2.05) is 4.57 Å². The van der Waals surface area contributed by atoms with Gasteiger partial charge in [-0.3, -0.25) is 9.36 Å². The number of rotatable bonds is 6. The summed E-state index contributed by atoms with van der Waals surface area (Å²) in [6.45, 7) is 12.3. The van der Waals surface area contributed by atoms with Gasteiger partial charge in [0.05, 0.1) is 12.0 Å². The van der Waals surface area contributed by atoms with Gasteiger partial charge >= 0.3 is 0 Å². The molecule has 0 saturated carbocycles. The van der Waals surface area contributed by atoms with Gasteiger partial charge in [0.2, 0.25) is 0 Å². The number of piperidine rings is 1. The van der Waals surface area contributed by atoms with E-state index in [1.54, 1.807) is 12.4 Å². The fourth-order valence-corrected chi connectivity index (χ4v) is 4.21. The fraction of sp³-hybridized carbons (Fsp3) is 0.810. The van der Waals surface area contributed by atoms with Crippen molar-refractivity contribution in [3.05, 3.63) is 28.4 Å². The van der Waals surface area contributed by atoms with Gasteiger partial charge in [0.25, 0.3) is 5.56 Å². The number of hydrogen-bond donors (Lipinski definition) is 0. The second-order valence-electron chi connectivity index (χ2n) is 8.50. The molecule has 2 aliphatic rings.